The fourth-order valence-electron chi connectivity index (χ4n) is 5.96. The summed E-state index contributed by atoms with van der Waals surface area (Å²) in [5.41, 5.74) is 3.66. The first-order valence-corrected chi connectivity index (χ1v) is 15.8. The Labute approximate surface area is 199 Å². The van der Waals surface area contributed by atoms with E-state index < -0.39 is 7.92 Å². The second-order valence-corrected chi connectivity index (χ2v) is 14.7. The van der Waals surface area contributed by atoms with Crippen LogP contribution in [0.5, 0.6) is 0 Å². The van der Waals surface area contributed by atoms with Gasteiger partial charge in [0, 0.05) is 5.66 Å². The molecular formula is C30H37P2. The molecule has 0 aliphatic heterocycles. The van der Waals surface area contributed by atoms with Gasteiger partial charge in [0.2, 0.25) is 0 Å². The molecule has 5 rings (SSSR count). The van der Waals surface area contributed by atoms with Gasteiger partial charge < -0.3 is 0 Å². The van der Waals surface area contributed by atoms with E-state index in [1.807, 2.05) is 0 Å². The molecule has 0 bridgehead atoms. The quantitative estimate of drug-likeness (QED) is 0.368. The van der Waals surface area contributed by atoms with Crippen LogP contribution in [-0.4, -0.2) is 17.5 Å². The first-order chi connectivity index (χ1) is 15.9. The van der Waals surface area contributed by atoms with Crippen molar-refractivity contribution in [2.75, 3.05) is 6.16 Å². The summed E-state index contributed by atoms with van der Waals surface area (Å²) in [7, 11) is -0.401. The fraction of sp³-hybridized carbons (Fsp3) is 0.433. The number of hydrogen-bond donors (Lipinski definition) is 0. The Morgan fingerprint density at radius 2 is 1.09 bits per heavy atom. The maximum Gasteiger partial charge on any atom is 0.0198 e. The van der Waals surface area contributed by atoms with Crippen LogP contribution in [0.2, 0.25) is 0 Å². The van der Waals surface area contributed by atoms with E-state index in [1.165, 1.54) is 81.0 Å². The van der Waals surface area contributed by atoms with E-state index in [9.17, 15) is 0 Å². The summed E-state index contributed by atoms with van der Waals surface area (Å²) in [4.78, 5) is 0. The molecule has 3 fully saturated rings. The van der Waals surface area contributed by atoms with E-state index in [4.69, 9.17) is 0 Å². The molecule has 167 valence electrons. The second kappa shape index (κ2) is 11.6. The highest BCUT2D eigenvalue weighted by Crippen LogP contribution is 2.63. The molecule has 2 heteroatoms. The molecule has 2 aromatic carbocycles. The predicted molar refractivity (Wildman–Crippen MR) is 144 cm³/mol. The van der Waals surface area contributed by atoms with Crippen molar-refractivity contribution in [2.24, 2.45) is 0 Å². The summed E-state index contributed by atoms with van der Waals surface area (Å²) < 4.78 is 0. The zero-order valence-electron chi connectivity index (χ0n) is 19.3. The maximum absolute atomic E-state index is 2.48. The van der Waals surface area contributed by atoms with Gasteiger partial charge in [-0.05, 0) is 86.9 Å². The molecule has 0 aromatic heterocycles. The monoisotopic (exact) mass is 459 g/mol. The Kier molecular flexibility index (Phi) is 8.38. The highest BCUT2D eigenvalue weighted by molar-refractivity contribution is 7.76. The lowest BCUT2D eigenvalue weighted by atomic mass is 9.99. The van der Waals surface area contributed by atoms with Crippen molar-refractivity contribution in [1.82, 2.24) is 0 Å². The van der Waals surface area contributed by atoms with Crippen LogP contribution >= 0.6 is 15.8 Å². The van der Waals surface area contributed by atoms with Gasteiger partial charge in [-0.3, -0.25) is 0 Å². The lowest BCUT2D eigenvalue weighted by molar-refractivity contribution is 0.484. The molecule has 0 N–H and O–H groups in total. The van der Waals surface area contributed by atoms with E-state index >= 15 is 0 Å². The fourth-order valence-corrected chi connectivity index (χ4v) is 12.4. The van der Waals surface area contributed by atoms with E-state index in [0.717, 1.165) is 11.3 Å². The minimum absolute atomic E-state index is 0.0840. The Balaban J connectivity index is 1.41. The van der Waals surface area contributed by atoms with Gasteiger partial charge in [-0.2, -0.15) is 0 Å². The van der Waals surface area contributed by atoms with Gasteiger partial charge in [0.25, 0.3) is 0 Å². The van der Waals surface area contributed by atoms with Crippen LogP contribution in [-0.2, 0) is 0 Å². The number of hydrogen-bond acceptors (Lipinski definition) is 0. The third-order valence-corrected chi connectivity index (χ3v) is 13.8. The molecule has 0 nitrogen and oxygen atoms in total. The van der Waals surface area contributed by atoms with Crippen LogP contribution in [0.15, 0.2) is 60.7 Å². The molecule has 32 heavy (non-hydrogen) atoms. The molecule has 3 aliphatic rings. The van der Waals surface area contributed by atoms with Gasteiger partial charge in [0.05, 0.1) is 0 Å². The number of rotatable bonds is 7. The van der Waals surface area contributed by atoms with Crippen molar-refractivity contribution in [2.45, 2.75) is 75.5 Å². The van der Waals surface area contributed by atoms with Gasteiger partial charge in [0.15, 0.2) is 0 Å². The molecule has 0 amide bonds. The molecule has 0 saturated heterocycles. The first kappa shape index (κ1) is 23.1. The van der Waals surface area contributed by atoms with E-state index in [2.05, 4.69) is 79.9 Å². The van der Waals surface area contributed by atoms with Crippen LogP contribution in [0, 0.1) is 30.8 Å². The van der Waals surface area contributed by atoms with Crippen molar-refractivity contribution < 1.29 is 0 Å². The summed E-state index contributed by atoms with van der Waals surface area (Å²) in [6.45, 7) is 0. The Morgan fingerprint density at radius 3 is 1.59 bits per heavy atom. The van der Waals surface area contributed by atoms with E-state index in [-0.39, 0.29) is 7.92 Å². The van der Waals surface area contributed by atoms with Crippen LogP contribution in [0.1, 0.15) is 64.2 Å². The van der Waals surface area contributed by atoms with Crippen molar-refractivity contribution in [1.29, 1.82) is 0 Å². The molecular weight excluding hydrogens is 422 g/mol. The Bertz CT molecular complexity index is 735. The highest BCUT2D eigenvalue weighted by atomic mass is 31.1. The lowest BCUT2D eigenvalue weighted by Crippen LogP contribution is -2.26. The third-order valence-electron chi connectivity index (χ3n) is 7.59. The summed E-state index contributed by atoms with van der Waals surface area (Å²) in [6, 6.07) is 22.6. The summed E-state index contributed by atoms with van der Waals surface area (Å²) in [5.74, 6) is 1.67. The van der Waals surface area contributed by atoms with Gasteiger partial charge in [-0.1, -0.05) is 107 Å². The highest BCUT2D eigenvalue weighted by Gasteiger charge is 2.41. The normalized spacial score (nSPS) is 22.2. The van der Waals surface area contributed by atoms with Crippen LogP contribution in [0.25, 0.3) is 0 Å². The molecule has 0 unspecified atom stereocenters. The van der Waals surface area contributed by atoms with Crippen LogP contribution < -0.4 is 10.6 Å². The zero-order chi connectivity index (χ0) is 21.6. The Morgan fingerprint density at radius 1 is 0.594 bits per heavy atom. The Hall–Kier alpha value is -0.700. The van der Waals surface area contributed by atoms with Crippen molar-refractivity contribution in [3.05, 3.63) is 91.5 Å². The third kappa shape index (κ3) is 5.50. The van der Waals surface area contributed by atoms with Crippen molar-refractivity contribution >= 4 is 26.5 Å². The van der Waals surface area contributed by atoms with Crippen molar-refractivity contribution in [3.63, 3.8) is 0 Å². The largest absolute Gasteiger partial charge is 0.0997 e. The van der Waals surface area contributed by atoms with Crippen LogP contribution in [0.3, 0.4) is 0 Å². The van der Waals surface area contributed by atoms with Gasteiger partial charge >= 0.3 is 0 Å². The topological polar surface area (TPSA) is 0 Å². The van der Waals surface area contributed by atoms with E-state index in [1.54, 1.807) is 11.6 Å². The molecule has 0 heterocycles. The number of benzene rings is 2. The predicted octanol–water partition coefficient (Wildman–Crippen LogP) is 8.00. The van der Waals surface area contributed by atoms with Gasteiger partial charge in [0.1, 0.15) is 0 Å². The molecule has 0 atom stereocenters. The summed E-state index contributed by atoms with van der Waals surface area (Å²) in [5, 5.41) is 2.97. The molecule has 5 radical (unpaired) electrons. The molecule has 3 saturated carbocycles. The SMILES string of the molecule is [CH]1[CH][C](CP(C2CCCCC2)C2CCCCC2)[C](P(c2ccccc2)c2ccccc2)[CH]1. The second-order valence-electron chi connectivity index (χ2n) is 9.70. The molecule has 3 aliphatic carbocycles. The standard InChI is InChI=1S/C30H37P2/c1-5-15-26(16-6-1)31(27-17-7-2-8-18-27)24-25-14-13-23-30(25)32(28-19-9-3-10-20-28)29-21-11-4-12-22-29/h3-4,9-14,19-23,26-27H,1-2,5-8,15-18,24H2. The zero-order valence-corrected chi connectivity index (χ0v) is 21.1. The average molecular weight is 460 g/mol. The van der Waals surface area contributed by atoms with Gasteiger partial charge in [-0.25, -0.2) is 0 Å². The lowest BCUT2D eigenvalue weighted by Gasteiger charge is -2.41. The maximum atomic E-state index is 2.48. The smallest absolute Gasteiger partial charge is 0.0198 e. The minimum Gasteiger partial charge on any atom is -0.0997 e. The summed E-state index contributed by atoms with van der Waals surface area (Å²) >= 11 is 0. The minimum atomic E-state index is -0.485. The first-order valence-electron chi connectivity index (χ1n) is 12.8. The van der Waals surface area contributed by atoms with Crippen molar-refractivity contribution in [3.8, 4) is 0 Å². The average Bonchev–Trinajstić information content (AvgIpc) is 3.33. The van der Waals surface area contributed by atoms with Crippen LogP contribution in [0.4, 0.5) is 0 Å². The molecule has 2 aromatic rings. The van der Waals surface area contributed by atoms with Gasteiger partial charge in [-0.15, -0.1) is 0 Å². The molecule has 0 spiro atoms. The summed E-state index contributed by atoms with van der Waals surface area (Å²) in [6.07, 6.45) is 23.5. The van der Waals surface area contributed by atoms with E-state index in [0.29, 0.717) is 0 Å².